The van der Waals surface area contributed by atoms with E-state index in [2.05, 4.69) is 26.1 Å². The van der Waals surface area contributed by atoms with Crippen LogP contribution in [0, 0.1) is 0 Å². The highest BCUT2D eigenvalue weighted by molar-refractivity contribution is 4.70. The predicted octanol–water partition coefficient (Wildman–Crippen LogP) is 2.72. The molecule has 0 amide bonds. The second kappa shape index (κ2) is 5.72. The maximum absolute atomic E-state index is 5.68. The van der Waals surface area contributed by atoms with E-state index < -0.39 is 0 Å². The van der Waals surface area contributed by atoms with Crippen molar-refractivity contribution in [1.29, 1.82) is 0 Å². The van der Waals surface area contributed by atoms with Crippen molar-refractivity contribution >= 4 is 0 Å². The van der Waals surface area contributed by atoms with Crippen molar-refractivity contribution in [3.63, 3.8) is 0 Å². The number of unbranched alkanes of at least 4 members (excludes halogenated alkanes) is 1. The van der Waals surface area contributed by atoms with Crippen molar-refractivity contribution in [3.8, 4) is 0 Å². The van der Waals surface area contributed by atoms with Gasteiger partial charge in [-0.3, -0.25) is 0 Å². The van der Waals surface area contributed by atoms with Crippen LogP contribution in [0.5, 0.6) is 0 Å². The van der Waals surface area contributed by atoms with E-state index in [0.29, 0.717) is 6.10 Å². The minimum Gasteiger partial charge on any atom is -0.378 e. The Balaban J connectivity index is 1.80. The summed E-state index contributed by atoms with van der Waals surface area (Å²) in [5.41, 5.74) is 0.259. The molecule has 1 aliphatic carbocycles. The minimum absolute atomic E-state index is 0.259. The van der Waals surface area contributed by atoms with Crippen LogP contribution in [0.1, 0.15) is 52.9 Å². The van der Waals surface area contributed by atoms with Gasteiger partial charge in [0.25, 0.3) is 0 Å². The molecule has 0 bridgehead atoms. The van der Waals surface area contributed by atoms with E-state index >= 15 is 0 Å². The largest absolute Gasteiger partial charge is 0.378 e. The first kappa shape index (κ1) is 12.0. The van der Waals surface area contributed by atoms with Crippen molar-refractivity contribution < 1.29 is 4.74 Å². The van der Waals surface area contributed by atoms with Gasteiger partial charge in [0.1, 0.15) is 0 Å². The summed E-state index contributed by atoms with van der Waals surface area (Å²) in [4.78, 5) is 0. The molecule has 1 rings (SSSR count). The van der Waals surface area contributed by atoms with Crippen LogP contribution in [0.2, 0.25) is 0 Å². The van der Waals surface area contributed by atoms with Gasteiger partial charge >= 0.3 is 0 Å². The summed E-state index contributed by atoms with van der Waals surface area (Å²) in [6, 6.07) is 0. The molecule has 0 atom stereocenters. The Morgan fingerprint density at radius 3 is 2.43 bits per heavy atom. The quantitative estimate of drug-likeness (QED) is 0.664. The van der Waals surface area contributed by atoms with Crippen molar-refractivity contribution in [2.24, 2.45) is 0 Å². The van der Waals surface area contributed by atoms with Gasteiger partial charge in [0.2, 0.25) is 0 Å². The molecule has 0 aromatic carbocycles. The molecular formula is C12H25NO. The van der Waals surface area contributed by atoms with Crippen molar-refractivity contribution in [1.82, 2.24) is 5.32 Å². The Labute approximate surface area is 88.4 Å². The average Bonchev–Trinajstić information content (AvgIpc) is 1.97. The number of hydrogen-bond acceptors (Lipinski definition) is 2. The molecular weight excluding hydrogens is 174 g/mol. The monoisotopic (exact) mass is 199 g/mol. The lowest BCUT2D eigenvalue weighted by atomic mass is 9.96. The molecule has 1 N–H and O–H groups in total. The van der Waals surface area contributed by atoms with Gasteiger partial charge in [0, 0.05) is 12.1 Å². The Hall–Kier alpha value is -0.0800. The lowest BCUT2D eigenvalue weighted by molar-refractivity contribution is 0.000732. The van der Waals surface area contributed by atoms with Crippen LogP contribution >= 0.6 is 0 Å². The van der Waals surface area contributed by atoms with E-state index in [1.807, 2.05) is 0 Å². The standard InChI is InChI=1S/C12H25NO/c1-12(2,3)13-9-4-5-10-14-11-7-6-8-11/h11,13H,4-10H2,1-3H3. The first-order valence-electron chi connectivity index (χ1n) is 5.94. The molecule has 2 heteroatoms. The summed E-state index contributed by atoms with van der Waals surface area (Å²) in [6.07, 6.45) is 6.98. The number of rotatable bonds is 6. The fourth-order valence-electron chi connectivity index (χ4n) is 1.48. The molecule has 84 valence electrons. The topological polar surface area (TPSA) is 21.3 Å². The van der Waals surface area contributed by atoms with Crippen LogP contribution in [0.15, 0.2) is 0 Å². The molecule has 0 aliphatic heterocycles. The van der Waals surface area contributed by atoms with Crippen molar-refractivity contribution in [3.05, 3.63) is 0 Å². The highest BCUT2D eigenvalue weighted by Gasteiger charge is 2.17. The summed E-state index contributed by atoms with van der Waals surface area (Å²) in [5.74, 6) is 0. The van der Waals surface area contributed by atoms with Crippen LogP contribution < -0.4 is 5.32 Å². The predicted molar refractivity (Wildman–Crippen MR) is 60.6 cm³/mol. The molecule has 0 radical (unpaired) electrons. The van der Waals surface area contributed by atoms with E-state index in [0.717, 1.165) is 13.2 Å². The van der Waals surface area contributed by atoms with Crippen molar-refractivity contribution in [2.75, 3.05) is 13.2 Å². The fourth-order valence-corrected chi connectivity index (χ4v) is 1.48. The fraction of sp³-hybridized carbons (Fsp3) is 1.00. The van der Waals surface area contributed by atoms with Crippen LogP contribution in [0.3, 0.4) is 0 Å². The smallest absolute Gasteiger partial charge is 0.0575 e. The molecule has 14 heavy (non-hydrogen) atoms. The van der Waals surface area contributed by atoms with E-state index in [1.165, 1.54) is 32.1 Å². The maximum atomic E-state index is 5.68. The average molecular weight is 199 g/mol. The molecule has 0 spiro atoms. The Morgan fingerprint density at radius 2 is 1.93 bits per heavy atom. The van der Waals surface area contributed by atoms with Gasteiger partial charge in [-0.2, -0.15) is 0 Å². The maximum Gasteiger partial charge on any atom is 0.0575 e. The SMILES string of the molecule is CC(C)(C)NCCCCOC1CCC1. The van der Waals surface area contributed by atoms with Crippen LogP contribution in [0.4, 0.5) is 0 Å². The molecule has 0 aromatic rings. The zero-order valence-corrected chi connectivity index (χ0v) is 9.94. The lowest BCUT2D eigenvalue weighted by Gasteiger charge is -2.25. The number of ether oxygens (including phenoxy) is 1. The van der Waals surface area contributed by atoms with Gasteiger partial charge < -0.3 is 10.1 Å². The molecule has 1 fully saturated rings. The van der Waals surface area contributed by atoms with Crippen LogP contribution in [-0.4, -0.2) is 24.8 Å². The van der Waals surface area contributed by atoms with E-state index in [-0.39, 0.29) is 5.54 Å². The summed E-state index contributed by atoms with van der Waals surface area (Å²) >= 11 is 0. The second-order valence-electron chi connectivity index (χ2n) is 5.31. The zero-order chi connectivity index (χ0) is 10.4. The zero-order valence-electron chi connectivity index (χ0n) is 9.94. The molecule has 1 aliphatic rings. The lowest BCUT2D eigenvalue weighted by Crippen LogP contribution is -2.36. The van der Waals surface area contributed by atoms with Crippen molar-refractivity contribution in [2.45, 2.75) is 64.5 Å². The Bertz CT molecular complexity index is 147. The van der Waals surface area contributed by atoms with E-state index in [1.54, 1.807) is 0 Å². The Morgan fingerprint density at radius 1 is 1.21 bits per heavy atom. The second-order valence-corrected chi connectivity index (χ2v) is 5.31. The number of nitrogens with one attached hydrogen (secondary N) is 1. The number of hydrogen-bond donors (Lipinski definition) is 1. The summed E-state index contributed by atoms with van der Waals surface area (Å²) < 4.78 is 5.68. The molecule has 1 saturated carbocycles. The van der Waals surface area contributed by atoms with Crippen LogP contribution in [-0.2, 0) is 4.74 Å². The molecule has 0 saturated heterocycles. The van der Waals surface area contributed by atoms with Gasteiger partial charge in [-0.15, -0.1) is 0 Å². The summed E-state index contributed by atoms with van der Waals surface area (Å²) in [7, 11) is 0. The highest BCUT2D eigenvalue weighted by Crippen LogP contribution is 2.21. The first-order valence-corrected chi connectivity index (χ1v) is 5.94. The normalized spacial score (nSPS) is 18.2. The van der Waals surface area contributed by atoms with Gasteiger partial charge in [-0.05, 0) is 59.4 Å². The summed E-state index contributed by atoms with van der Waals surface area (Å²) in [5, 5.41) is 3.48. The third-order valence-corrected chi connectivity index (χ3v) is 2.63. The highest BCUT2D eigenvalue weighted by atomic mass is 16.5. The van der Waals surface area contributed by atoms with Gasteiger partial charge in [-0.1, -0.05) is 0 Å². The van der Waals surface area contributed by atoms with Crippen LogP contribution in [0.25, 0.3) is 0 Å². The van der Waals surface area contributed by atoms with Gasteiger partial charge in [0.15, 0.2) is 0 Å². The summed E-state index contributed by atoms with van der Waals surface area (Å²) in [6.45, 7) is 8.68. The van der Waals surface area contributed by atoms with Gasteiger partial charge in [0.05, 0.1) is 6.10 Å². The molecule has 0 aromatic heterocycles. The first-order chi connectivity index (χ1) is 6.58. The Kier molecular flexibility index (Phi) is 4.90. The molecule has 0 heterocycles. The van der Waals surface area contributed by atoms with Gasteiger partial charge in [-0.25, -0.2) is 0 Å². The third-order valence-electron chi connectivity index (χ3n) is 2.63. The molecule has 0 unspecified atom stereocenters. The van der Waals surface area contributed by atoms with E-state index in [9.17, 15) is 0 Å². The van der Waals surface area contributed by atoms with E-state index in [4.69, 9.17) is 4.74 Å². The third kappa shape index (κ3) is 5.61. The molecule has 2 nitrogen and oxygen atoms in total. The minimum atomic E-state index is 0.259.